The van der Waals surface area contributed by atoms with Gasteiger partial charge in [0.25, 0.3) is 0 Å². The minimum Gasteiger partial charge on any atom is -0.369 e. The molecule has 0 aliphatic rings. The number of amides is 1. The Morgan fingerprint density at radius 2 is 1.94 bits per heavy atom. The number of hydrogen-bond acceptors (Lipinski definition) is 2. The van der Waals surface area contributed by atoms with Crippen LogP contribution in [-0.2, 0) is 16.6 Å². The van der Waals surface area contributed by atoms with Crippen LogP contribution in [0.3, 0.4) is 0 Å². The summed E-state index contributed by atoms with van der Waals surface area (Å²) in [5.41, 5.74) is 6.11. The molecule has 1 amide bonds. The molecule has 94 valence electrons. The summed E-state index contributed by atoms with van der Waals surface area (Å²) in [5, 5.41) is 2.03. The van der Waals surface area contributed by atoms with Crippen molar-refractivity contribution in [2.75, 3.05) is 0 Å². The Morgan fingerprint density at radius 1 is 1.22 bits per heavy atom. The second-order valence-corrected chi connectivity index (χ2v) is 5.45. The highest BCUT2D eigenvalue weighted by atomic mass is 32.1. The number of thiophene rings is 1. The summed E-state index contributed by atoms with van der Waals surface area (Å²) in [4.78, 5) is 13.2. The van der Waals surface area contributed by atoms with Crippen molar-refractivity contribution < 1.29 is 4.79 Å². The minimum atomic E-state index is -0.591. The lowest BCUT2D eigenvalue weighted by Gasteiger charge is -2.29. The molecule has 1 aromatic heterocycles. The fraction of sp³-hybridized carbons (Fsp3) is 0.267. The van der Waals surface area contributed by atoms with E-state index in [0.29, 0.717) is 12.8 Å². The number of primary amides is 1. The molecule has 0 saturated carbocycles. The topological polar surface area (TPSA) is 43.1 Å². The summed E-state index contributed by atoms with van der Waals surface area (Å²) in [7, 11) is 0. The number of nitrogens with two attached hydrogens (primary N) is 1. The zero-order chi connectivity index (χ0) is 13.0. The van der Waals surface area contributed by atoms with E-state index in [4.69, 9.17) is 5.73 Å². The van der Waals surface area contributed by atoms with Crippen LogP contribution in [0.1, 0.15) is 23.8 Å². The first-order chi connectivity index (χ1) is 8.69. The maximum atomic E-state index is 12.0. The van der Waals surface area contributed by atoms with Crippen LogP contribution in [0.15, 0.2) is 47.8 Å². The molecule has 3 heteroatoms. The Hall–Kier alpha value is -1.61. The molecular weight excluding hydrogens is 242 g/mol. The van der Waals surface area contributed by atoms with Crippen LogP contribution < -0.4 is 5.73 Å². The fourth-order valence-corrected chi connectivity index (χ4v) is 3.12. The second-order valence-electron chi connectivity index (χ2n) is 4.42. The Morgan fingerprint density at radius 3 is 2.44 bits per heavy atom. The molecule has 1 aromatic carbocycles. The van der Waals surface area contributed by atoms with Crippen molar-refractivity contribution in [3.05, 3.63) is 58.3 Å². The number of rotatable bonds is 5. The van der Waals surface area contributed by atoms with E-state index in [0.717, 1.165) is 5.56 Å². The number of carbonyl (C=O) groups is 1. The van der Waals surface area contributed by atoms with Gasteiger partial charge in [-0.15, -0.1) is 11.3 Å². The molecule has 0 aliphatic heterocycles. The van der Waals surface area contributed by atoms with Crippen LogP contribution in [0.25, 0.3) is 0 Å². The molecule has 18 heavy (non-hydrogen) atoms. The molecule has 2 rings (SSSR count). The van der Waals surface area contributed by atoms with Crippen molar-refractivity contribution >= 4 is 17.2 Å². The molecule has 2 N–H and O–H groups in total. The maximum absolute atomic E-state index is 12.0. The van der Waals surface area contributed by atoms with Crippen molar-refractivity contribution in [3.8, 4) is 0 Å². The lowest BCUT2D eigenvalue weighted by atomic mass is 9.74. The summed E-state index contributed by atoms with van der Waals surface area (Å²) < 4.78 is 0. The molecule has 0 saturated heterocycles. The highest BCUT2D eigenvalue weighted by Gasteiger charge is 2.37. The molecule has 1 heterocycles. The Labute approximate surface area is 111 Å². The van der Waals surface area contributed by atoms with Crippen molar-refractivity contribution in [2.45, 2.75) is 25.2 Å². The summed E-state index contributed by atoms with van der Waals surface area (Å²) in [6.07, 6.45) is 1.39. The average Bonchev–Trinajstić information content (AvgIpc) is 2.89. The lowest BCUT2D eigenvalue weighted by Crippen LogP contribution is -2.42. The maximum Gasteiger partial charge on any atom is 0.228 e. The van der Waals surface area contributed by atoms with Gasteiger partial charge in [0.2, 0.25) is 5.91 Å². The first-order valence-electron chi connectivity index (χ1n) is 6.07. The second kappa shape index (κ2) is 5.36. The van der Waals surface area contributed by atoms with Gasteiger partial charge in [0, 0.05) is 11.3 Å². The third-order valence-corrected chi connectivity index (χ3v) is 4.33. The van der Waals surface area contributed by atoms with Crippen LogP contribution in [0.5, 0.6) is 0 Å². The fourth-order valence-electron chi connectivity index (χ4n) is 2.30. The molecule has 1 atom stereocenters. The SMILES string of the molecule is CCC(Cc1cccs1)(C(N)=O)c1ccccc1. The number of hydrogen-bond donors (Lipinski definition) is 1. The van der Waals surface area contributed by atoms with Gasteiger partial charge in [0.05, 0.1) is 5.41 Å². The van der Waals surface area contributed by atoms with Gasteiger partial charge in [-0.1, -0.05) is 43.3 Å². The number of carbonyl (C=O) groups excluding carboxylic acids is 1. The van der Waals surface area contributed by atoms with E-state index in [1.54, 1.807) is 11.3 Å². The third-order valence-electron chi connectivity index (χ3n) is 3.46. The van der Waals surface area contributed by atoms with Crippen LogP contribution in [0.2, 0.25) is 0 Å². The van der Waals surface area contributed by atoms with Crippen LogP contribution in [-0.4, -0.2) is 5.91 Å². The highest BCUT2D eigenvalue weighted by molar-refractivity contribution is 7.09. The zero-order valence-corrected chi connectivity index (χ0v) is 11.2. The molecule has 0 radical (unpaired) electrons. The summed E-state index contributed by atoms with van der Waals surface area (Å²) in [5.74, 6) is -0.246. The predicted octanol–water partition coefficient (Wildman–Crippen LogP) is 3.12. The van der Waals surface area contributed by atoms with Gasteiger partial charge >= 0.3 is 0 Å². The molecule has 0 aliphatic carbocycles. The number of benzene rings is 1. The van der Waals surface area contributed by atoms with Crippen molar-refractivity contribution in [1.29, 1.82) is 0 Å². The highest BCUT2D eigenvalue weighted by Crippen LogP contribution is 2.33. The summed E-state index contributed by atoms with van der Waals surface area (Å²) in [6.45, 7) is 2.02. The van der Waals surface area contributed by atoms with E-state index in [-0.39, 0.29) is 5.91 Å². The minimum absolute atomic E-state index is 0.246. The molecule has 2 aromatic rings. The third kappa shape index (κ3) is 2.31. The van der Waals surface area contributed by atoms with Gasteiger partial charge in [0.15, 0.2) is 0 Å². The van der Waals surface area contributed by atoms with Crippen LogP contribution >= 0.6 is 11.3 Å². The normalized spacial score (nSPS) is 14.1. The summed E-state index contributed by atoms with van der Waals surface area (Å²) in [6, 6.07) is 13.9. The van der Waals surface area contributed by atoms with E-state index in [1.165, 1.54) is 4.88 Å². The van der Waals surface area contributed by atoms with Gasteiger partial charge in [-0.25, -0.2) is 0 Å². The molecular formula is C15H17NOS. The van der Waals surface area contributed by atoms with Gasteiger partial charge in [-0.3, -0.25) is 4.79 Å². The zero-order valence-electron chi connectivity index (χ0n) is 10.4. The van der Waals surface area contributed by atoms with E-state index in [9.17, 15) is 4.79 Å². The Bertz CT molecular complexity index is 507. The van der Waals surface area contributed by atoms with Gasteiger partial charge < -0.3 is 5.73 Å². The largest absolute Gasteiger partial charge is 0.369 e. The van der Waals surface area contributed by atoms with E-state index >= 15 is 0 Å². The first-order valence-corrected chi connectivity index (χ1v) is 6.95. The van der Waals surface area contributed by atoms with E-state index < -0.39 is 5.41 Å². The molecule has 0 fully saturated rings. The Balaban J connectivity index is 2.43. The monoisotopic (exact) mass is 259 g/mol. The Kier molecular flexibility index (Phi) is 3.82. The predicted molar refractivity (Wildman–Crippen MR) is 75.6 cm³/mol. The van der Waals surface area contributed by atoms with Gasteiger partial charge in [-0.2, -0.15) is 0 Å². The van der Waals surface area contributed by atoms with Crippen LogP contribution in [0.4, 0.5) is 0 Å². The molecule has 2 nitrogen and oxygen atoms in total. The van der Waals surface area contributed by atoms with E-state index in [2.05, 4.69) is 6.07 Å². The summed E-state index contributed by atoms with van der Waals surface area (Å²) >= 11 is 1.67. The van der Waals surface area contributed by atoms with Crippen molar-refractivity contribution in [1.82, 2.24) is 0 Å². The quantitative estimate of drug-likeness (QED) is 0.880. The molecule has 1 unspecified atom stereocenters. The lowest BCUT2D eigenvalue weighted by molar-refractivity contribution is -0.123. The van der Waals surface area contributed by atoms with Crippen LogP contribution in [0, 0.1) is 0 Å². The average molecular weight is 259 g/mol. The van der Waals surface area contributed by atoms with Crippen molar-refractivity contribution in [2.24, 2.45) is 5.73 Å². The van der Waals surface area contributed by atoms with Crippen molar-refractivity contribution in [3.63, 3.8) is 0 Å². The first kappa shape index (κ1) is 12.8. The van der Waals surface area contributed by atoms with E-state index in [1.807, 2.05) is 48.7 Å². The molecule has 0 spiro atoms. The molecule has 0 bridgehead atoms. The smallest absolute Gasteiger partial charge is 0.228 e. The standard InChI is InChI=1S/C15H17NOS/c1-2-15(14(16)17,11-13-9-6-10-18-13)12-7-4-3-5-8-12/h3-10H,2,11H2,1H3,(H2,16,17). The van der Waals surface area contributed by atoms with Gasteiger partial charge in [0.1, 0.15) is 0 Å². The van der Waals surface area contributed by atoms with Gasteiger partial charge in [-0.05, 0) is 23.4 Å².